The largest absolute Gasteiger partial charge is 0.425 e. The Morgan fingerprint density at radius 2 is 1.21 bits per heavy atom. The quantitative estimate of drug-likeness (QED) is 0.481. The molecule has 0 aromatic carbocycles. The first-order valence-corrected chi connectivity index (χ1v) is 5.52. The van der Waals surface area contributed by atoms with Crippen LogP contribution in [0.25, 0.3) is 0 Å². The number of aliphatic hydroxyl groups excluding tert-OH is 1. The number of nitrogens with zero attached hydrogens (tertiary/aromatic N) is 1. The van der Waals surface area contributed by atoms with E-state index in [0.29, 0.717) is 0 Å². The van der Waals surface area contributed by atoms with E-state index in [1.54, 1.807) is 0 Å². The highest BCUT2D eigenvalue weighted by Gasteiger charge is 1.72. The summed E-state index contributed by atoms with van der Waals surface area (Å²) in [4.78, 5) is 0. The van der Waals surface area contributed by atoms with Crippen LogP contribution in [0, 0.1) is 11.5 Å². The van der Waals surface area contributed by atoms with E-state index in [1.165, 1.54) is 6.26 Å². The first kappa shape index (κ1) is 36.0. The third-order valence-electron chi connectivity index (χ3n) is 0.666. The van der Waals surface area contributed by atoms with Gasteiger partial charge < -0.3 is 14.6 Å². The highest BCUT2D eigenvalue weighted by Crippen LogP contribution is 1.64. The molecule has 0 saturated heterocycles. The number of nitriles is 1. The molecule has 0 aliphatic carbocycles. The van der Waals surface area contributed by atoms with Crippen molar-refractivity contribution in [3.63, 3.8) is 0 Å². The van der Waals surface area contributed by atoms with Crippen molar-refractivity contribution < 1.29 is 14.6 Å². The molecule has 0 radical (unpaired) electrons. The van der Waals surface area contributed by atoms with Crippen molar-refractivity contribution in [1.29, 1.82) is 5.26 Å². The molecule has 1 N–H and O–H groups in total. The van der Waals surface area contributed by atoms with Gasteiger partial charge in [-0.25, -0.2) is 0 Å². The van der Waals surface area contributed by atoms with Crippen LogP contribution in [0.2, 0.25) is 0 Å². The average molecular weight is 273 g/mol. The van der Waals surface area contributed by atoms with Gasteiger partial charge in [0.1, 0.15) is 6.61 Å². The lowest BCUT2D eigenvalue weighted by atomic mass is 10.8. The van der Waals surface area contributed by atoms with Gasteiger partial charge in [-0.05, 0) is 13.8 Å². The normalized spacial score (nSPS) is 5.16. The lowest BCUT2D eigenvalue weighted by molar-refractivity contribution is 0.162. The van der Waals surface area contributed by atoms with Crippen LogP contribution < -0.4 is 0 Å². The van der Waals surface area contributed by atoms with E-state index in [4.69, 9.17) is 15.1 Å². The Morgan fingerprint density at radius 1 is 0.895 bits per heavy atom. The molecular weight excluding hydrogens is 242 g/mol. The summed E-state index contributed by atoms with van der Waals surface area (Å²) >= 11 is 0. The molecule has 0 aliphatic heterocycles. The summed E-state index contributed by atoms with van der Waals surface area (Å²) in [6.07, 6.45) is 1.41. The van der Waals surface area contributed by atoms with Crippen LogP contribution in [0.5, 0.6) is 0 Å². The van der Waals surface area contributed by atoms with Crippen LogP contribution >= 0.6 is 0 Å². The molecule has 0 aromatic rings. The monoisotopic (exact) mass is 273 g/mol. The molecule has 0 rings (SSSR count). The van der Waals surface area contributed by atoms with Crippen LogP contribution in [0.15, 0.2) is 52.6 Å². The smallest absolute Gasteiger partial charge is 0.286 e. The predicted molar refractivity (Wildman–Crippen MR) is 85.8 cm³/mol. The van der Waals surface area contributed by atoms with E-state index in [1.807, 2.05) is 13.8 Å². The van der Waals surface area contributed by atoms with Gasteiger partial charge in [-0.15, -0.1) is 52.6 Å². The Labute approximate surface area is 120 Å². The summed E-state index contributed by atoms with van der Waals surface area (Å²) in [5.41, 5.74) is 0. The molecule has 0 saturated carbocycles. The second-order valence-corrected chi connectivity index (χ2v) is 1.44. The second kappa shape index (κ2) is 139. The highest BCUT2D eigenvalue weighted by atomic mass is 16.5. The lowest BCUT2D eigenvalue weighted by Gasteiger charge is -1.86. The Bertz CT molecular complexity index is 126. The maximum Gasteiger partial charge on any atom is 0.286 e. The topological polar surface area (TPSA) is 62.5 Å². The van der Waals surface area contributed by atoms with E-state index in [0.717, 1.165) is 13.2 Å². The fraction of sp³-hybridized carbons (Fsp3) is 0.400. The molecule has 0 aliphatic rings. The van der Waals surface area contributed by atoms with Gasteiger partial charge in [0.25, 0.3) is 6.26 Å². The molecular formula is C15H31NO3. The molecule has 0 fully saturated rings. The van der Waals surface area contributed by atoms with Gasteiger partial charge in [0.15, 0.2) is 0 Å². The molecule has 0 heterocycles. The summed E-state index contributed by atoms with van der Waals surface area (Å²) in [6.45, 7) is 29.7. The molecule has 0 atom stereocenters. The van der Waals surface area contributed by atoms with Gasteiger partial charge in [-0.1, -0.05) is 0 Å². The number of hydrogen-bond acceptors (Lipinski definition) is 4. The Kier molecular flexibility index (Phi) is 264. The van der Waals surface area contributed by atoms with Crippen LogP contribution in [0.1, 0.15) is 13.8 Å². The summed E-state index contributed by atoms with van der Waals surface area (Å²) in [5.74, 6) is 0. The zero-order chi connectivity index (χ0) is 16.9. The molecule has 19 heavy (non-hydrogen) atoms. The highest BCUT2D eigenvalue weighted by molar-refractivity contribution is 4.44. The molecule has 0 amide bonds. The zero-order valence-corrected chi connectivity index (χ0v) is 12.7. The van der Waals surface area contributed by atoms with Crippen LogP contribution in [-0.2, 0) is 9.47 Å². The maximum atomic E-state index is 7.92. The SMILES string of the molecule is C=C.C=C.C=C.C=C.CCOCC.N#COCCO. The zero-order valence-electron chi connectivity index (χ0n) is 12.7. The predicted octanol–water partition coefficient (Wildman–Crippen LogP) is 3.73. The fourth-order valence-electron chi connectivity index (χ4n) is 0.295. The van der Waals surface area contributed by atoms with Gasteiger partial charge in [0.05, 0.1) is 6.61 Å². The maximum absolute atomic E-state index is 7.92. The van der Waals surface area contributed by atoms with Gasteiger partial charge in [-0.3, -0.25) is 0 Å². The molecule has 4 nitrogen and oxygen atoms in total. The van der Waals surface area contributed by atoms with Crippen molar-refractivity contribution in [1.82, 2.24) is 0 Å². The van der Waals surface area contributed by atoms with E-state index < -0.39 is 0 Å². The van der Waals surface area contributed by atoms with Crippen LogP contribution in [0.3, 0.4) is 0 Å². The third-order valence-corrected chi connectivity index (χ3v) is 0.666. The minimum atomic E-state index is -0.0897. The molecule has 0 spiro atoms. The van der Waals surface area contributed by atoms with Crippen molar-refractivity contribution in [2.45, 2.75) is 13.8 Å². The molecule has 0 bridgehead atoms. The first-order valence-electron chi connectivity index (χ1n) is 5.52. The minimum absolute atomic E-state index is 0.0897. The average Bonchev–Trinajstić information content (AvgIpc) is 2.54. The fourth-order valence-corrected chi connectivity index (χ4v) is 0.295. The van der Waals surface area contributed by atoms with Crippen molar-refractivity contribution in [3.8, 4) is 6.26 Å². The van der Waals surface area contributed by atoms with E-state index >= 15 is 0 Å². The van der Waals surface area contributed by atoms with Gasteiger partial charge in [-0.2, -0.15) is 5.26 Å². The summed E-state index contributed by atoms with van der Waals surface area (Å²) in [6, 6.07) is 0. The molecule has 0 unspecified atom stereocenters. The minimum Gasteiger partial charge on any atom is -0.425 e. The summed E-state index contributed by atoms with van der Waals surface area (Å²) in [5, 5.41) is 15.5. The number of rotatable bonds is 4. The number of aliphatic hydroxyl groups is 1. The molecule has 0 aromatic heterocycles. The van der Waals surface area contributed by atoms with Crippen LogP contribution in [-0.4, -0.2) is 31.5 Å². The van der Waals surface area contributed by atoms with Crippen molar-refractivity contribution in [3.05, 3.63) is 52.6 Å². The lowest BCUT2D eigenvalue weighted by Crippen LogP contribution is -1.91. The van der Waals surface area contributed by atoms with E-state index in [-0.39, 0.29) is 13.2 Å². The first-order chi connectivity index (χ1) is 9.33. The standard InChI is InChI=1S/C4H10O.C3H5NO2.4C2H4/c1-3-5-4-2;4-3-6-2-1-5;4*1-2/h3-4H2,1-2H3;5H,1-2H2;4*1-2H2. The van der Waals surface area contributed by atoms with E-state index in [2.05, 4.69) is 57.4 Å². The number of hydrogen-bond donors (Lipinski definition) is 1. The number of ether oxygens (including phenoxy) is 2. The van der Waals surface area contributed by atoms with Gasteiger partial charge >= 0.3 is 0 Å². The molecule has 114 valence electrons. The van der Waals surface area contributed by atoms with Gasteiger partial charge in [0.2, 0.25) is 0 Å². The summed E-state index contributed by atoms with van der Waals surface area (Å²) < 4.78 is 8.87. The third kappa shape index (κ3) is 323. The van der Waals surface area contributed by atoms with Crippen molar-refractivity contribution >= 4 is 0 Å². The van der Waals surface area contributed by atoms with Gasteiger partial charge in [0, 0.05) is 13.2 Å². The Morgan fingerprint density at radius 3 is 1.26 bits per heavy atom. The Hall–Kier alpha value is -1.83. The Balaban J connectivity index is -0.0000000294. The van der Waals surface area contributed by atoms with Crippen molar-refractivity contribution in [2.75, 3.05) is 26.4 Å². The molecule has 4 heteroatoms. The summed E-state index contributed by atoms with van der Waals surface area (Å²) in [7, 11) is 0. The van der Waals surface area contributed by atoms with Crippen LogP contribution in [0.4, 0.5) is 0 Å². The van der Waals surface area contributed by atoms with E-state index in [9.17, 15) is 0 Å². The van der Waals surface area contributed by atoms with Crippen molar-refractivity contribution in [2.24, 2.45) is 0 Å². The second-order valence-electron chi connectivity index (χ2n) is 1.44.